The highest BCUT2D eigenvalue weighted by molar-refractivity contribution is 6.30. The zero-order valence-corrected chi connectivity index (χ0v) is 14.4. The quantitative estimate of drug-likeness (QED) is 0.805. The van der Waals surface area contributed by atoms with Gasteiger partial charge in [0.25, 0.3) is 0 Å². The van der Waals surface area contributed by atoms with Gasteiger partial charge in [0.15, 0.2) is 5.82 Å². The second kappa shape index (κ2) is 7.62. The van der Waals surface area contributed by atoms with Crippen LogP contribution in [0.15, 0.2) is 34.9 Å². The van der Waals surface area contributed by atoms with Crippen LogP contribution < -0.4 is 10.6 Å². The topological polar surface area (TPSA) is 67.2 Å². The van der Waals surface area contributed by atoms with E-state index in [9.17, 15) is 4.79 Å². The van der Waals surface area contributed by atoms with Crippen molar-refractivity contribution in [1.29, 1.82) is 0 Å². The zero-order valence-electron chi connectivity index (χ0n) is 13.6. The Labute approximate surface area is 141 Å². The Morgan fingerprint density at radius 1 is 1.26 bits per heavy atom. The van der Waals surface area contributed by atoms with Gasteiger partial charge in [-0.05, 0) is 37.5 Å². The van der Waals surface area contributed by atoms with Crippen LogP contribution in [0.4, 0.5) is 5.82 Å². The van der Waals surface area contributed by atoms with E-state index in [4.69, 9.17) is 16.1 Å². The fraction of sp³-hybridized carbons (Fsp3) is 0.412. The monoisotopic (exact) mass is 335 g/mol. The summed E-state index contributed by atoms with van der Waals surface area (Å²) in [6.07, 6.45) is 1.73. The third-order valence-electron chi connectivity index (χ3n) is 4.09. The summed E-state index contributed by atoms with van der Waals surface area (Å²) in [5, 5.41) is 10.6. The minimum absolute atomic E-state index is 0.154. The highest BCUT2D eigenvalue weighted by Gasteiger charge is 2.28. The van der Waals surface area contributed by atoms with E-state index >= 15 is 0 Å². The molecule has 0 aliphatic carbocycles. The van der Waals surface area contributed by atoms with Crippen molar-refractivity contribution in [2.45, 2.75) is 39.2 Å². The number of nitrogens with one attached hydrogen (secondary N) is 2. The van der Waals surface area contributed by atoms with E-state index in [0.717, 1.165) is 18.4 Å². The first-order valence-corrected chi connectivity index (χ1v) is 8.11. The van der Waals surface area contributed by atoms with E-state index < -0.39 is 0 Å². The van der Waals surface area contributed by atoms with E-state index in [-0.39, 0.29) is 18.0 Å². The van der Waals surface area contributed by atoms with Gasteiger partial charge < -0.3 is 9.84 Å². The highest BCUT2D eigenvalue weighted by Crippen LogP contribution is 2.29. The van der Waals surface area contributed by atoms with Crippen molar-refractivity contribution in [2.24, 2.45) is 0 Å². The molecule has 1 amide bonds. The molecule has 0 aliphatic heterocycles. The van der Waals surface area contributed by atoms with E-state index in [2.05, 4.69) is 29.6 Å². The van der Waals surface area contributed by atoms with Gasteiger partial charge in [-0.2, -0.15) is 0 Å². The fourth-order valence-electron chi connectivity index (χ4n) is 2.64. The molecule has 0 saturated heterocycles. The Bertz CT molecular complexity index is 648. The summed E-state index contributed by atoms with van der Waals surface area (Å²) in [6, 6.07) is 9.43. The Morgan fingerprint density at radius 3 is 2.43 bits per heavy atom. The molecule has 124 valence electrons. The minimum atomic E-state index is -0.262. The molecular formula is C17H22ClN3O2. The average molecular weight is 336 g/mol. The van der Waals surface area contributed by atoms with E-state index in [1.54, 1.807) is 13.0 Å². The maximum atomic E-state index is 12.1. The first kappa shape index (κ1) is 17.5. The molecule has 0 spiro atoms. The van der Waals surface area contributed by atoms with Crippen LogP contribution in [-0.4, -0.2) is 17.6 Å². The molecule has 1 heterocycles. The van der Waals surface area contributed by atoms with Gasteiger partial charge in [-0.3, -0.25) is 10.1 Å². The Balaban J connectivity index is 2.04. The number of aryl methyl sites for hydroxylation is 1. The molecule has 1 aromatic carbocycles. The lowest BCUT2D eigenvalue weighted by Crippen LogP contribution is -2.45. The van der Waals surface area contributed by atoms with Crippen molar-refractivity contribution in [1.82, 2.24) is 10.5 Å². The molecule has 1 aromatic heterocycles. The molecule has 23 heavy (non-hydrogen) atoms. The number of carbonyl (C=O) groups is 1. The van der Waals surface area contributed by atoms with Crippen molar-refractivity contribution in [3.05, 3.63) is 46.7 Å². The molecule has 6 heteroatoms. The molecule has 0 radical (unpaired) electrons. The molecule has 0 aliphatic rings. The maximum absolute atomic E-state index is 12.1. The summed E-state index contributed by atoms with van der Waals surface area (Å²) in [5.74, 6) is 0.934. The van der Waals surface area contributed by atoms with E-state index in [1.807, 2.05) is 24.3 Å². The number of rotatable bonds is 7. The molecule has 0 bridgehead atoms. The SMILES string of the molecule is CCC(CC)(NCC(=O)Nc1cc(C)on1)c1ccc(Cl)cc1. The van der Waals surface area contributed by atoms with Gasteiger partial charge in [0.2, 0.25) is 5.91 Å². The normalized spacial score (nSPS) is 11.5. The second-order valence-electron chi connectivity index (χ2n) is 5.52. The van der Waals surface area contributed by atoms with Crippen LogP contribution in [0.3, 0.4) is 0 Å². The second-order valence-corrected chi connectivity index (χ2v) is 5.96. The first-order chi connectivity index (χ1) is 11.0. The number of nitrogens with zero attached hydrogens (tertiary/aromatic N) is 1. The van der Waals surface area contributed by atoms with Crippen LogP contribution in [0, 0.1) is 6.92 Å². The number of benzene rings is 1. The van der Waals surface area contributed by atoms with Crippen LogP contribution in [0.25, 0.3) is 0 Å². The number of amides is 1. The molecular weight excluding hydrogens is 314 g/mol. The summed E-state index contributed by atoms with van der Waals surface area (Å²) in [5.41, 5.74) is 0.860. The molecule has 0 fully saturated rings. The first-order valence-electron chi connectivity index (χ1n) is 7.73. The predicted molar refractivity (Wildman–Crippen MR) is 91.6 cm³/mol. The molecule has 2 aromatic rings. The lowest BCUT2D eigenvalue weighted by Gasteiger charge is -2.33. The summed E-state index contributed by atoms with van der Waals surface area (Å²) in [4.78, 5) is 12.1. The third kappa shape index (κ3) is 4.33. The van der Waals surface area contributed by atoms with E-state index in [1.165, 1.54) is 0 Å². The maximum Gasteiger partial charge on any atom is 0.239 e. The van der Waals surface area contributed by atoms with Gasteiger partial charge >= 0.3 is 0 Å². The summed E-state index contributed by atoms with van der Waals surface area (Å²) < 4.78 is 4.94. The number of anilines is 1. The van der Waals surface area contributed by atoms with Gasteiger partial charge in [0, 0.05) is 16.6 Å². The Kier molecular flexibility index (Phi) is 5.80. The summed E-state index contributed by atoms with van der Waals surface area (Å²) in [6.45, 7) is 6.17. The Morgan fingerprint density at radius 2 is 1.91 bits per heavy atom. The number of halogens is 1. The predicted octanol–water partition coefficient (Wildman–Crippen LogP) is 3.88. The van der Waals surface area contributed by atoms with E-state index in [0.29, 0.717) is 16.6 Å². The zero-order chi connectivity index (χ0) is 16.9. The number of hydrogen-bond acceptors (Lipinski definition) is 4. The lowest BCUT2D eigenvalue weighted by atomic mass is 9.84. The van der Waals surface area contributed by atoms with Gasteiger partial charge in [-0.25, -0.2) is 0 Å². The average Bonchev–Trinajstić information content (AvgIpc) is 2.95. The lowest BCUT2D eigenvalue weighted by molar-refractivity contribution is -0.115. The van der Waals surface area contributed by atoms with Crippen LogP contribution in [0.5, 0.6) is 0 Å². The number of aromatic nitrogens is 1. The number of carbonyl (C=O) groups excluding carboxylic acids is 1. The van der Waals surface area contributed by atoms with Gasteiger partial charge in [0.1, 0.15) is 5.76 Å². The van der Waals surface area contributed by atoms with Gasteiger partial charge in [0.05, 0.1) is 6.54 Å². The van der Waals surface area contributed by atoms with Crippen LogP contribution in [0.2, 0.25) is 5.02 Å². The smallest absolute Gasteiger partial charge is 0.239 e. The Hall–Kier alpha value is -1.85. The fourth-order valence-corrected chi connectivity index (χ4v) is 2.77. The number of hydrogen-bond donors (Lipinski definition) is 2. The molecule has 2 rings (SSSR count). The third-order valence-corrected chi connectivity index (χ3v) is 4.34. The molecule has 2 N–H and O–H groups in total. The molecule has 5 nitrogen and oxygen atoms in total. The van der Waals surface area contributed by atoms with Crippen LogP contribution in [0.1, 0.15) is 38.0 Å². The molecule has 0 atom stereocenters. The minimum Gasteiger partial charge on any atom is -0.360 e. The van der Waals surface area contributed by atoms with Crippen LogP contribution in [-0.2, 0) is 10.3 Å². The van der Waals surface area contributed by atoms with Gasteiger partial charge in [-0.1, -0.05) is 42.7 Å². The summed E-state index contributed by atoms with van der Waals surface area (Å²) >= 11 is 5.97. The van der Waals surface area contributed by atoms with Gasteiger partial charge in [-0.15, -0.1) is 0 Å². The summed E-state index contributed by atoms with van der Waals surface area (Å²) in [7, 11) is 0. The van der Waals surface area contributed by atoms with Crippen molar-refractivity contribution in [2.75, 3.05) is 11.9 Å². The van der Waals surface area contributed by atoms with Crippen molar-refractivity contribution >= 4 is 23.3 Å². The molecule has 0 unspecified atom stereocenters. The molecule has 0 saturated carbocycles. The van der Waals surface area contributed by atoms with Crippen molar-refractivity contribution in [3.8, 4) is 0 Å². The van der Waals surface area contributed by atoms with Crippen molar-refractivity contribution < 1.29 is 9.32 Å². The standard InChI is InChI=1S/C17H22ClN3O2/c1-4-17(5-2,13-6-8-14(18)9-7-13)19-11-16(22)20-15-10-12(3)23-21-15/h6-10,19H,4-5,11H2,1-3H3,(H,20,21,22). The highest BCUT2D eigenvalue weighted by atomic mass is 35.5. The van der Waals surface area contributed by atoms with Crippen molar-refractivity contribution in [3.63, 3.8) is 0 Å². The van der Waals surface area contributed by atoms with Crippen LogP contribution >= 0.6 is 11.6 Å². The largest absolute Gasteiger partial charge is 0.360 e.